The summed E-state index contributed by atoms with van der Waals surface area (Å²) < 4.78 is 16.7. The molecule has 3 heterocycles. The Labute approximate surface area is 157 Å². The number of ether oxygens (including phenoxy) is 3. The summed E-state index contributed by atoms with van der Waals surface area (Å²) in [6.07, 6.45) is -0.691. The number of amides is 1. The molecule has 0 bridgehead atoms. The van der Waals surface area contributed by atoms with Gasteiger partial charge >= 0.3 is 0 Å². The van der Waals surface area contributed by atoms with E-state index in [-0.39, 0.29) is 19.1 Å². The molecule has 1 amide bonds. The van der Waals surface area contributed by atoms with Crippen molar-refractivity contribution in [2.24, 2.45) is 0 Å². The van der Waals surface area contributed by atoms with Crippen molar-refractivity contribution in [3.63, 3.8) is 0 Å². The first-order chi connectivity index (χ1) is 13.2. The van der Waals surface area contributed by atoms with Crippen LogP contribution in [0.25, 0.3) is 0 Å². The molecule has 1 atom stereocenters. The Morgan fingerprint density at radius 1 is 1.22 bits per heavy atom. The summed E-state index contributed by atoms with van der Waals surface area (Å²) >= 11 is 0. The van der Waals surface area contributed by atoms with Gasteiger partial charge in [0.05, 0.1) is 19.8 Å². The fourth-order valence-electron chi connectivity index (χ4n) is 3.07. The molecule has 0 saturated carbocycles. The van der Waals surface area contributed by atoms with Crippen LogP contribution in [0, 0.1) is 6.92 Å². The number of para-hydroxylation sites is 2. The van der Waals surface area contributed by atoms with E-state index in [1.807, 2.05) is 31.2 Å². The molecule has 142 valence electrons. The third kappa shape index (κ3) is 4.11. The van der Waals surface area contributed by atoms with E-state index in [4.69, 9.17) is 14.2 Å². The molecule has 0 radical (unpaired) electrons. The lowest BCUT2D eigenvalue weighted by atomic mass is 10.2. The van der Waals surface area contributed by atoms with Gasteiger partial charge in [-0.25, -0.2) is 9.97 Å². The smallest absolute Gasteiger partial charge is 0.265 e. The van der Waals surface area contributed by atoms with Crippen LogP contribution in [0.15, 0.2) is 30.3 Å². The third-order valence-corrected chi connectivity index (χ3v) is 4.44. The number of morpholine rings is 1. The Hall–Kier alpha value is -2.87. The highest BCUT2D eigenvalue weighted by Gasteiger charge is 2.27. The quantitative estimate of drug-likeness (QED) is 0.862. The van der Waals surface area contributed by atoms with E-state index < -0.39 is 6.10 Å². The highest BCUT2D eigenvalue weighted by atomic mass is 16.6. The van der Waals surface area contributed by atoms with Gasteiger partial charge < -0.3 is 24.4 Å². The number of aryl methyl sites for hydroxylation is 1. The normalized spacial score (nSPS) is 18.9. The highest BCUT2D eigenvalue weighted by molar-refractivity contribution is 5.81. The summed E-state index contributed by atoms with van der Waals surface area (Å²) in [7, 11) is 0. The summed E-state index contributed by atoms with van der Waals surface area (Å²) in [5.74, 6) is 2.41. The molecule has 8 nitrogen and oxygen atoms in total. The van der Waals surface area contributed by atoms with Crippen LogP contribution in [0.3, 0.4) is 0 Å². The number of fused-ring (bicyclic) bond motifs is 1. The fraction of sp³-hybridized carbons (Fsp3) is 0.421. The zero-order valence-corrected chi connectivity index (χ0v) is 15.2. The zero-order valence-electron chi connectivity index (χ0n) is 15.2. The number of carbonyl (C=O) groups is 1. The number of aromatic nitrogens is 2. The number of benzene rings is 1. The molecule has 0 spiro atoms. The largest absolute Gasteiger partial charge is 0.485 e. The van der Waals surface area contributed by atoms with Gasteiger partial charge in [0.15, 0.2) is 11.5 Å². The van der Waals surface area contributed by atoms with E-state index in [0.717, 1.165) is 24.6 Å². The number of rotatable bonds is 4. The summed E-state index contributed by atoms with van der Waals surface area (Å²) in [6.45, 7) is 5.32. The van der Waals surface area contributed by atoms with Gasteiger partial charge in [0, 0.05) is 24.8 Å². The van der Waals surface area contributed by atoms with Gasteiger partial charge in [-0.3, -0.25) is 4.79 Å². The van der Waals surface area contributed by atoms with E-state index in [2.05, 4.69) is 20.2 Å². The molecule has 2 aromatic rings. The maximum Gasteiger partial charge on any atom is 0.265 e. The van der Waals surface area contributed by atoms with Crippen LogP contribution < -0.4 is 19.7 Å². The Balaban J connectivity index is 1.38. The predicted molar refractivity (Wildman–Crippen MR) is 98.0 cm³/mol. The zero-order chi connectivity index (χ0) is 18.6. The minimum absolute atomic E-state index is 0.177. The predicted octanol–water partition coefficient (Wildman–Crippen LogP) is 1.08. The number of hydrogen-bond acceptors (Lipinski definition) is 7. The van der Waals surface area contributed by atoms with E-state index >= 15 is 0 Å². The number of anilines is 1. The second-order valence-electron chi connectivity index (χ2n) is 6.47. The van der Waals surface area contributed by atoms with Gasteiger partial charge in [0.2, 0.25) is 6.10 Å². The molecule has 1 unspecified atom stereocenters. The van der Waals surface area contributed by atoms with E-state index in [9.17, 15) is 4.79 Å². The van der Waals surface area contributed by atoms with Crippen molar-refractivity contribution in [2.45, 2.75) is 19.6 Å². The molecule has 4 rings (SSSR count). The lowest BCUT2D eigenvalue weighted by Crippen LogP contribution is -2.44. The molecule has 1 fully saturated rings. The molecule has 2 aliphatic heterocycles. The van der Waals surface area contributed by atoms with Crippen molar-refractivity contribution in [3.8, 4) is 11.5 Å². The number of hydrogen-bond donors (Lipinski definition) is 1. The topological polar surface area (TPSA) is 85.8 Å². The lowest BCUT2D eigenvalue weighted by molar-refractivity contribution is -0.130. The molecule has 0 aliphatic carbocycles. The first-order valence-corrected chi connectivity index (χ1v) is 9.02. The molecule has 27 heavy (non-hydrogen) atoms. The van der Waals surface area contributed by atoms with Crippen LogP contribution >= 0.6 is 0 Å². The lowest BCUT2D eigenvalue weighted by Gasteiger charge is -2.28. The Morgan fingerprint density at radius 2 is 2.00 bits per heavy atom. The summed E-state index contributed by atoms with van der Waals surface area (Å²) in [4.78, 5) is 23.6. The molecule has 1 N–H and O–H groups in total. The van der Waals surface area contributed by atoms with Gasteiger partial charge in [-0.1, -0.05) is 12.1 Å². The molecular formula is C19H22N4O4. The van der Waals surface area contributed by atoms with Crippen molar-refractivity contribution in [2.75, 3.05) is 37.8 Å². The van der Waals surface area contributed by atoms with Crippen LogP contribution in [-0.2, 0) is 16.1 Å². The van der Waals surface area contributed by atoms with Gasteiger partial charge in [-0.15, -0.1) is 0 Å². The van der Waals surface area contributed by atoms with E-state index in [1.165, 1.54) is 0 Å². The second kappa shape index (κ2) is 7.79. The van der Waals surface area contributed by atoms with Crippen LogP contribution in [0.4, 0.5) is 5.82 Å². The van der Waals surface area contributed by atoms with Crippen molar-refractivity contribution in [3.05, 3.63) is 41.9 Å². The number of nitrogens with zero attached hydrogens (tertiary/aromatic N) is 3. The fourth-order valence-corrected chi connectivity index (χ4v) is 3.07. The standard InChI is InChI=1S/C19H22N4O4/c1-13-10-18(23-6-8-25-9-7-23)22-17(21-13)11-20-19(24)16-12-26-14-4-2-3-5-15(14)27-16/h2-5,10,16H,6-9,11-12H2,1H3,(H,20,24). The monoisotopic (exact) mass is 370 g/mol. The van der Waals surface area contributed by atoms with Crippen molar-refractivity contribution >= 4 is 11.7 Å². The van der Waals surface area contributed by atoms with Gasteiger partial charge in [0.1, 0.15) is 18.2 Å². The molecular weight excluding hydrogens is 348 g/mol. The molecule has 2 aliphatic rings. The molecule has 1 aromatic heterocycles. The minimum atomic E-state index is -0.691. The average Bonchev–Trinajstić information content (AvgIpc) is 2.72. The van der Waals surface area contributed by atoms with Gasteiger partial charge in [0.25, 0.3) is 5.91 Å². The third-order valence-electron chi connectivity index (χ3n) is 4.44. The molecule has 1 saturated heterocycles. The van der Waals surface area contributed by atoms with Crippen LogP contribution in [-0.4, -0.2) is 54.9 Å². The second-order valence-corrected chi connectivity index (χ2v) is 6.47. The van der Waals surface area contributed by atoms with E-state index in [0.29, 0.717) is 30.5 Å². The highest BCUT2D eigenvalue weighted by Crippen LogP contribution is 2.30. The van der Waals surface area contributed by atoms with Crippen molar-refractivity contribution in [1.29, 1.82) is 0 Å². The SMILES string of the molecule is Cc1cc(N2CCOCC2)nc(CNC(=O)C2COc3ccccc3O2)n1. The van der Waals surface area contributed by atoms with Crippen molar-refractivity contribution < 1.29 is 19.0 Å². The minimum Gasteiger partial charge on any atom is -0.485 e. The van der Waals surface area contributed by atoms with E-state index in [1.54, 1.807) is 6.07 Å². The summed E-state index contributed by atoms with van der Waals surface area (Å²) in [5, 5.41) is 2.84. The Morgan fingerprint density at radius 3 is 2.81 bits per heavy atom. The first-order valence-electron chi connectivity index (χ1n) is 9.02. The van der Waals surface area contributed by atoms with Crippen LogP contribution in [0.1, 0.15) is 11.5 Å². The maximum atomic E-state index is 12.5. The van der Waals surface area contributed by atoms with Crippen LogP contribution in [0.2, 0.25) is 0 Å². The maximum absolute atomic E-state index is 12.5. The Bertz CT molecular complexity index is 823. The number of carbonyl (C=O) groups excluding carboxylic acids is 1. The average molecular weight is 370 g/mol. The van der Waals surface area contributed by atoms with Crippen molar-refractivity contribution in [1.82, 2.24) is 15.3 Å². The molecule has 8 heteroatoms. The summed E-state index contributed by atoms with van der Waals surface area (Å²) in [6, 6.07) is 9.26. The molecule has 1 aromatic carbocycles. The van der Waals surface area contributed by atoms with Crippen LogP contribution in [0.5, 0.6) is 11.5 Å². The van der Waals surface area contributed by atoms with Gasteiger partial charge in [-0.2, -0.15) is 0 Å². The van der Waals surface area contributed by atoms with Gasteiger partial charge in [-0.05, 0) is 19.1 Å². The summed E-state index contributed by atoms with van der Waals surface area (Å²) in [5.41, 5.74) is 0.863. The number of nitrogens with one attached hydrogen (secondary N) is 1. The Kier molecular flexibility index (Phi) is 5.06. The first kappa shape index (κ1) is 17.5.